The number of allylic oxidation sites excluding steroid dienone is 2. The second-order valence-electron chi connectivity index (χ2n) is 6.07. The van der Waals surface area contributed by atoms with Crippen molar-refractivity contribution in [3.05, 3.63) is 59.8 Å². The van der Waals surface area contributed by atoms with Crippen LogP contribution in [-0.2, 0) is 4.79 Å². The van der Waals surface area contributed by atoms with E-state index in [-0.39, 0.29) is 11.7 Å². The van der Waals surface area contributed by atoms with Crippen molar-refractivity contribution in [2.45, 2.75) is 18.8 Å². The number of ether oxygens (including phenoxy) is 2. The van der Waals surface area contributed by atoms with Crippen LogP contribution in [0.3, 0.4) is 0 Å². The normalized spacial score (nSPS) is 17.0. The summed E-state index contributed by atoms with van der Waals surface area (Å²) in [7, 11) is 3.22. The van der Waals surface area contributed by atoms with E-state index in [1.54, 1.807) is 20.3 Å². The monoisotopic (exact) mass is 338 g/mol. The standard InChI is InChI=1S/C20H22N2O3/c1-24-19-8-7-13(11-20(19)25-2)14-9-15(12-16(23)10-14)22-18-6-4-3-5-17(18)21/h3-8,11-12,14,22H,9-10,21H2,1-2H3/t14-/m0/s1. The van der Waals surface area contributed by atoms with Crippen LogP contribution in [0.15, 0.2) is 54.2 Å². The van der Waals surface area contributed by atoms with E-state index >= 15 is 0 Å². The van der Waals surface area contributed by atoms with Crippen LogP contribution in [-0.4, -0.2) is 20.0 Å². The number of nitrogen functional groups attached to an aromatic ring is 1. The first-order valence-corrected chi connectivity index (χ1v) is 8.17. The highest BCUT2D eigenvalue weighted by Gasteiger charge is 2.23. The van der Waals surface area contributed by atoms with Crippen LogP contribution >= 0.6 is 0 Å². The van der Waals surface area contributed by atoms with Crippen LogP contribution in [0.2, 0.25) is 0 Å². The molecule has 0 heterocycles. The van der Waals surface area contributed by atoms with Gasteiger partial charge in [0.2, 0.25) is 0 Å². The molecular formula is C20H22N2O3. The van der Waals surface area contributed by atoms with E-state index in [0.29, 0.717) is 23.6 Å². The lowest BCUT2D eigenvalue weighted by atomic mass is 9.85. The minimum absolute atomic E-state index is 0.0877. The van der Waals surface area contributed by atoms with Crippen molar-refractivity contribution in [2.24, 2.45) is 0 Å². The fourth-order valence-electron chi connectivity index (χ4n) is 3.11. The molecule has 0 saturated carbocycles. The Morgan fingerprint density at radius 2 is 1.80 bits per heavy atom. The number of carbonyl (C=O) groups excluding carboxylic acids is 1. The molecule has 1 atom stereocenters. The molecule has 0 unspecified atom stereocenters. The molecule has 0 saturated heterocycles. The molecule has 0 aromatic heterocycles. The highest BCUT2D eigenvalue weighted by atomic mass is 16.5. The molecule has 130 valence electrons. The molecule has 0 amide bonds. The summed E-state index contributed by atoms with van der Waals surface area (Å²) in [5, 5.41) is 3.29. The Morgan fingerprint density at radius 1 is 1.04 bits per heavy atom. The van der Waals surface area contributed by atoms with Gasteiger partial charge in [-0.15, -0.1) is 0 Å². The topological polar surface area (TPSA) is 73.6 Å². The minimum atomic E-state index is 0.0877. The van der Waals surface area contributed by atoms with E-state index in [4.69, 9.17) is 15.2 Å². The number of anilines is 2. The number of benzene rings is 2. The molecule has 5 heteroatoms. The van der Waals surface area contributed by atoms with Gasteiger partial charge in [0, 0.05) is 18.2 Å². The molecule has 0 fully saturated rings. The smallest absolute Gasteiger partial charge is 0.160 e. The van der Waals surface area contributed by atoms with Crippen molar-refractivity contribution >= 4 is 17.2 Å². The van der Waals surface area contributed by atoms with Gasteiger partial charge in [-0.3, -0.25) is 4.79 Å². The van der Waals surface area contributed by atoms with Gasteiger partial charge in [0.25, 0.3) is 0 Å². The Labute approximate surface area is 147 Å². The van der Waals surface area contributed by atoms with Crippen molar-refractivity contribution in [2.75, 3.05) is 25.3 Å². The lowest BCUT2D eigenvalue weighted by Crippen LogP contribution is -2.17. The van der Waals surface area contributed by atoms with Gasteiger partial charge in [-0.25, -0.2) is 0 Å². The summed E-state index contributed by atoms with van der Waals surface area (Å²) in [5.74, 6) is 1.54. The Bertz CT molecular complexity index is 814. The van der Waals surface area contributed by atoms with Gasteiger partial charge in [0.15, 0.2) is 17.3 Å². The first kappa shape index (κ1) is 16.9. The number of para-hydroxylation sites is 2. The predicted molar refractivity (Wildman–Crippen MR) is 99.1 cm³/mol. The Morgan fingerprint density at radius 3 is 2.52 bits per heavy atom. The van der Waals surface area contributed by atoms with Crippen LogP contribution in [0.5, 0.6) is 11.5 Å². The van der Waals surface area contributed by atoms with E-state index in [1.165, 1.54) is 0 Å². The third kappa shape index (κ3) is 3.76. The maximum Gasteiger partial charge on any atom is 0.160 e. The molecule has 2 aromatic carbocycles. The average molecular weight is 338 g/mol. The Kier molecular flexibility index (Phi) is 4.93. The minimum Gasteiger partial charge on any atom is -0.493 e. The summed E-state index contributed by atoms with van der Waals surface area (Å²) < 4.78 is 10.7. The van der Waals surface area contributed by atoms with E-state index in [1.807, 2.05) is 42.5 Å². The van der Waals surface area contributed by atoms with Crippen LogP contribution < -0.4 is 20.5 Å². The van der Waals surface area contributed by atoms with Crippen LogP contribution in [0.25, 0.3) is 0 Å². The third-order valence-electron chi connectivity index (χ3n) is 4.38. The predicted octanol–water partition coefficient (Wildman–Crippen LogP) is 3.73. The van der Waals surface area contributed by atoms with Crippen molar-refractivity contribution in [1.29, 1.82) is 0 Å². The molecule has 0 aliphatic heterocycles. The zero-order chi connectivity index (χ0) is 17.8. The lowest BCUT2D eigenvalue weighted by Gasteiger charge is -2.24. The number of hydrogen-bond donors (Lipinski definition) is 2. The summed E-state index contributed by atoms with van der Waals surface area (Å²) in [5.41, 5.74) is 9.38. The largest absolute Gasteiger partial charge is 0.493 e. The molecule has 0 bridgehead atoms. The fourth-order valence-corrected chi connectivity index (χ4v) is 3.11. The Hall–Kier alpha value is -2.95. The first-order valence-electron chi connectivity index (χ1n) is 8.17. The molecule has 3 rings (SSSR count). The number of nitrogens with two attached hydrogens (primary N) is 1. The summed E-state index contributed by atoms with van der Waals surface area (Å²) in [6.45, 7) is 0. The van der Waals surface area contributed by atoms with Crippen molar-refractivity contribution in [1.82, 2.24) is 0 Å². The van der Waals surface area contributed by atoms with Gasteiger partial charge in [-0.1, -0.05) is 18.2 Å². The van der Waals surface area contributed by atoms with Crippen LogP contribution in [0.1, 0.15) is 24.3 Å². The molecule has 2 aromatic rings. The van der Waals surface area contributed by atoms with E-state index in [9.17, 15) is 4.79 Å². The van der Waals surface area contributed by atoms with E-state index in [2.05, 4.69) is 5.32 Å². The molecule has 1 aliphatic carbocycles. The summed E-state index contributed by atoms with van der Waals surface area (Å²) in [4.78, 5) is 12.2. The summed E-state index contributed by atoms with van der Waals surface area (Å²) >= 11 is 0. The molecule has 1 aliphatic rings. The molecule has 0 spiro atoms. The number of carbonyl (C=O) groups is 1. The van der Waals surface area contributed by atoms with Crippen LogP contribution in [0, 0.1) is 0 Å². The van der Waals surface area contributed by atoms with Gasteiger partial charge in [-0.05, 0) is 42.2 Å². The van der Waals surface area contributed by atoms with Gasteiger partial charge < -0.3 is 20.5 Å². The zero-order valence-corrected chi connectivity index (χ0v) is 14.4. The average Bonchev–Trinajstić information content (AvgIpc) is 2.62. The van der Waals surface area contributed by atoms with Gasteiger partial charge in [0.1, 0.15) is 0 Å². The Balaban J connectivity index is 1.82. The van der Waals surface area contributed by atoms with Crippen molar-refractivity contribution in [3.63, 3.8) is 0 Å². The van der Waals surface area contributed by atoms with Gasteiger partial charge >= 0.3 is 0 Å². The summed E-state index contributed by atoms with van der Waals surface area (Å²) in [6.07, 6.45) is 2.88. The van der Waals surface area contributed by atoms with Crippen molar-refractivity contribution in [3.8, 4) is 11.5 Å². The number of rotatable bonds is 5. The molecule has 0 radical (unpaired) electrons. The lowest BCUT2D eigenvalue weighted by molar-refractivity contribution is -0.115. The first-order chi connectivity index (χ1) is 12.1. The van der Waals surface area contributed by atoms with Gasteiger partial charge in [-0.2, -0.15) is 0 Å². The zero-order valence-electron chi connectivity index (χ0n) is 14.4. The SMILES string of the molecule is COc1ccc([C@@H]2CC(=O)C=C(Nc3ccccc3N)C2)cc1OC. The second-order valence-corrected chi connectivity index (χ2v) is 6.07. The third-order valence-corrected chi connectivity index (χ3v) is 4.38. The van der Waals surface area contributed by atoms with E-state index < -0.39 is 0 Å². The van der Waals surface area contributed by atoms with Crippen LogP contribution in [0.4, 0.5) is 11.4 Å². The molecule has 25 heavy (non-hydrogen) atoms. The number of ketones is 1. The number of methoxy groups -OCH3 is 2. The quantitative estimate of drug-likeness (QED) is 0.813. The fraction of sp³-hybridized carbons (Fsp3) is 0.250. The number of nitrogens with one attached hydrogen (secondary N) is 1. The highest BCUT2D eigenvalue weighted by molar-refractivity contribution is 5.92. The molecular weight excluding hydrogens is 316 g/mol. The second kappa shape index (κ2) is 7.30. The number of hydrogen-bond acceptors (Lipinski definition) is 5. The maximum atomic E-state index is 12.2. The van der Waals surface area contributed by atoms with Crippen molar-refractivity contribution < 1.29 is 14.3 Å². The van der Waals surface area contributed by atoms with Gasteiger partial charge in [0.05, 0.1) is 25.6 Å². The van der Waals surface area contributed by atoms with E-state index in [0.717, 1.165) is 23.4 Å². The molecule has 5 nitrogen and oxygen atoms in total. The maximum absolute atomic E-state index is 12.2. The highest BCUT2D eigenvalue weighted by Crippen LogP contribution is 2.37. The summed E-state index contributed by atoms with van der Waals surface area (Å²) in [6, 6.07) is 13.3. The molecule has 3 N–H and O–H groups in total.